The number of hydrogen-bond acceptors (Lipinski definition) is 4. The minimum absolute atomic E-state index is 0.00433. The number of nitrogens with zero attached hydrogens (tertiary/aromatic N) is 1. The molecule has 0 spiro atoms. The molecule has 2 amide bonds. The molecule has 2 atom stereocenters. The molecular weight excluding hydrogens is 426 g/mol. The monoisotopic (exact) mass is 457 g/mol. The largest absolute Gasteiger partial charge is 0.496 e. The number of hydrogen-bond donors (Lipinski definition) is 2. The lowest BCUT2D eigenvalue weighted by Crippen LogP contribution is -2.51. The average molecular weight is 458 g/mol. The van der Waals surface area contributed by atoms with Crippen LogP contribution < -0.4 is 15.4 Å². The summed E-state index contributed by atoms with van der Waals surface area (Å²) in [5.74, 6) is 0.161. The van der Waals surface area contributed by atoms with Gasteiger partial charge in [0.1, 0.15) is 11.8 Å². The fourth-order valence-corrected chi connectivity index (χ4v) is 4.36. The van der Waals surface area contributed by atoms with Crippen LogP contribution >= 0.6 is 11.6 Å². The second-order valence-corrected chi connectivity index (χ2v) is 8.83. The highest BCUT2D eigenvalue weighted by Crippen LogP contribution is 2.31. The van der Waals surface area contributed by atoms with Crippen LogP contribution in [0.3, 0.4) is 0 Å². The number of benzene rings is 2. The summed E-state index contributed by atoms with van der Waals surface area (Å²) in [5, 5.41) is 6.29. The summed E-state index contributed by atoms with van der Waals surface area (Å²) in [6, 6.07) is 14.1. The van der Waals surface area contributed by atoms with E-state index in [-0.39, 0.29) is 23.8 Å². The minimum Gasteiger partial charge on any atom is -0.496 e. The molecule has 6 nitrogen and oxygen atoms in total. The van der Waals surface area contributed by atoms with E-state index in [9.17, 15) is 9.59 Å². The van der Waals surface area contributed by atoms with Crippen molar-refractivity contribution in [2.24, 2.45) is 5.92 Å². The number of likely N-dealkylation sites (tertiary alicyclic amines) is 1. The molecule has 0 aromatic heterocycles. The number of ether oxygens (including phenoxy) is 1. The maximum atomic E-state index is 13.1. The second kappa shape index (κ2) is 11.3. The van der Waals surface area contributed by atoms with Gasteiger partial charge < -0.3 is 15.4 Å². The van der Waals surface area contributed by atoms with Crippen molar-refractivity contribution in [1.29, 1.82) is 0 Å². The third kappa shape index (κ3) is 5.81. The molecule has 32 heavy (non-hydrogen) atoms. The van der Waals surface area contributed by atoms with Gasteiger partial charge in [-0.25, -0.2) is 0 Å². The van der Waals surface area contributed by atoms with Crippen LogP contribution in [-0.4, -0.2) is 49.5 Å². The molecule has 0 bridgehead atoms. The van der Waals surface area contributed by atoms with E-state index >= 15 is 0 Å². The Hall–Kier alpha value is -2.57. The third-order valence-corrected chi connectivity index (χ3v) is 6.23. The molecular formula is C25H32ClN3O3. The van der Waals surface area contributed by atoms with Crippen LogP contribution in [0.25, 0.3) is 0 Å². The fourth-order valence-electron chi connectivity index (χ4n) is 4.14. The number of methoxy groups -OCH3 is 1. The third-order valence-electron chi connectivity index (χ3n) is 5.90. The fraction of sp³-hybridized carbons (Fsp3) is 0.440. The number of amides is 2. The number of carbonyl (C=O) groups is 2. The van der Waals surface area contributed by atoms with E-state index in [1.165, 1.54) is 0 Å². The molecule has 2 aromatic rings. The van der Waals surface area contributed by atoms with Gasteiger partial charge in [-0.1, -0.05) is 55.8 Å². The van der Waals surface area contributed by atoms with Gasteiger partial charge in [0.2, 0.25) is 5.91 Å². The Morgan fingerprint density at radius 1 is 1.06 bits per heavy atom. The van der Waals surface area contributed by atoms with E-state index in [1.54, 1.807) is 31.4 Å². The lowest BCUT2D eigenvalue weighted by atomic mass is 10.0. The summed E-state index contributed by atoms with van der Waals surface area (Å²) < 4.78 is 5.58. The molecule has 2 N–H and O–H groups in total. The van der Waals surface area contributed by atoms with Crippen molar-refractivity contribution in [3.63, 3.8) is 0 Å². The molecule has 0 aliphatic carbocycles. The van der Waals surface area contributed by atoms with Crippen molar-refractivity contribution < 1.29 is 14.3 Å². The first-order chi connectivity index (χ1) is 15.4. The Morgan fingerprint density at radius 3 is 2.38 bits per heavy atom. The lowest BCUT2D eigenvalue weighted by molar-refractivity contribution is -0.124. The Labute approximate surface area is 195 Å². The molecule has 0 radical (unpaired) electrons. The molecule has 1 heterocycles. The summed E-state index contributed by atoms with van der Waals surface area (Å²) in [6.45, 7) is 6.22. The van der Waals surface area contributed by atoms with Crippen molar-refractivity contribution in [3.05, 3.63) is 64.7 Å². The van der Waals surface area contributed by atoms with Crippen LogP contribution in [0, 0.1) is 5.92 Å². The highest BCUT2D eigenvalue weighted by atomic mass is 35.5. The standard InChI is InChI=1S/C25H32ClN3O3/c1-17(2)23(28-24(30)18-10-4-6-12-20(18)26)25(31)27-16-21(29-14-8-9-15-29)19-11-5-7-13-22(19)32-3/h4-7,10-13,17,21,23H,8-9,14-16H2,1-3H3,(H,27,31)(H,28,30)/t21-,23-/m1/s1. The van der Waals surface area contributed by atoms with Crippen molar-refractivity contribution in [1.82, 2.24) is 15.5 Å². The van der Waals surface area contributed by atoms with Crippen molar-refractivity contribution in [2.75, 3.05) is 26.7 Å². The SMILES string of the molecule is COc1ccccc1[C@@H](CNC(=O)[C@H](NC(=O)c1ccccc1Cl)C(C)C)N1CCCC1. The maximum absolute atomic E-state index is 13.1. The average Bonchev–Trinajstić information content (AvgIpc) is 3.32. The van der Waals surface area contributed by atoms with Crippen LogP contribution in [0.1, 0.15) is 48.7 Å². The molecule has 1 aliphatic heterocycles. The van der Waals surface area contributed by atoms with Gasteiger partial charge in [-0.15, -0.1) is 0 Å². The Morgan fingerprint density at radius 2 is 1.72 bits per heavy atom. The molecule has 1 fully saturated rings. The first-order valence-electron chi connectivity index (χ1n) is 11.1. The van der Waals surface area contributed by atoms with Gasteiger partial charge in [0.15, 0.2) is 0 Å². The van der Waals surface area contributed by atoms with Crippen LogP contribution in [0.5, 0.6) is 5.75 Å². The molecule has 1 saturated heterocycles. The zero-order valence-corrected chi connectivity index (χ0v) is 19.7. The quantitative estimate of drug-likeness (QED) is 0.595. The van der Waals surface area contributed by atoms with Gasteiger partial charge in [0, 0.05) is 12.1 Å². The second-order valence-electron chi connectivity index (χ2n) is 8.42. The number of nitrogens with one attached hydrogen (secondary N) is 2. The Balaban J connectivity index is 1.73. The molecule has 2 aromatic carbocycles. The molecule has 172 valence electrons. The number of carbonyl (C=O) groups excluding carboxylic acids is 2. The number of para-hydroxylation sites is 1. The summed E-state index contributed by atoms with van der Waals surface area (Å²) in [4.78, 5) is 28.2. The molecule has 0 unspecified atom stereocenters. The Kier molecular flexibility index (Phi) is 8.53. The van der Waals surface area contributed by atoms with E-state index < -0.39 is 6.04 Å². The topological polar surface area (TPSA) is 70.7 Å². The first kappa shape index (κ1) is 24.1. The summed E-state index contributed by atoms with van der Waals surface area (Å²) in [7, 11) is 1.66. The minimum atomic E-state index is -0.671. The Bertz CT molecular complexity index is 928. The van der Waals surface area contributed by atoms with Gasteiger partial charge in [0.25, 0.3) is 5.91 Å². The van der Waals surface area contributed by atoms with Crippen LogP contribution in [0.15, 0.2) is 48.5 Å². The highest BCUT2D eigenvalue weighted by molar-refractivity contribution is 6.33. The summed E-state index contributed by atoms with van der Waals surface area (Å²) in [6.07, 6.45) is 2.28. The predicted octanol–water partition coefficient (Wildman–Crippen LogP) is 4.06. The summed E-state index contributed by atoms with van der Waals surface area (Å²) in [5.41, 5.74) is 1.41. The van der Waals surface area contributed by atoms with Gasteiger partial charge in [0.05, 0.1) is 23.7 Å². The van der Waals surface area contributed by atoms with Crippen molar-refractivity contribution in [3.8, 4) is 5.75 Å². The highest BCUT2D eigenvalue weighted by Gasteiger charge is 2.29. The maximum Gasteiger partial charge on any atom is 0.253 e. The summed E-state index contributed by atoms with van der Waals surface area (Å²) >= 11 is 6.15. The van der Waals surface area contributed by atoms with Crippen LogP contribution in [-0.2, 0) is 4.79 Å². The van der Waals surface area contributed by atoms with E-state index in [0.29, 0.717) is 17.1 Å². The predicted molar refractivity (Wildman–Crippen MR) is 127 cm³/mol. The number of halogens is 1. The molecule has 3 rings (SSSR count). The van der Waals surface area contributed by atoms with Crippen molar-refractivity contribution >= 4 is 23.4 Å². The number of rotatable bonds is 9. The van der Waals surface area contributed by atoms with E-state index in [4.69, 9.17) is 16.3 Å². The van der Waals surface area contributed by atoms with Gasteiger partial charge in [-0.2, -0.15) is 0 Å². The van der Waals surface area contributed by atoms with Gasteiger partial charge in [-0.05, 0) is 50.0 Å². The van der Waals surface area contributed by atoms with Crippen LogP contribution in [0.2, 0.25) is 5.02 Å². The zero-order chi connectivity index (χ0) is 23.1. The molecule has 0 saturated carbocycles. The first-order valence-corrected chi connectivity index (χ1v) is 11.5. The molecule has 1 aliphatic rings. The van der Waals surface area contributed by atoms with Gasteiger partial charge in [-0.3, -0.25) is 14.5 Å². The molecule has 7 heteroatoms. The zero-order valence-electron chi connectivity index (χ0n) is 18.9. The smallest absolute Gasteiger partial charge is 0.253 e. The van der Waals surface area contributed by atoms with E-state index in [1.807, 2.05) is 38.1 Å². The van der Waals surface area contributed by atoms with E-state index in [0.717, 1.165) is 37.2 Å². The normalized spacial score (nSPS) is 15.9. The van der Waals surface area contributed by atoms with Crippen molar-refractivity contribution in [2.45, 2.75) is 38.8 Å². The van der Waals surface area contributed by atoms with Crippen LogP contribution in [0.4, 0.5) is 0 Å². The van der Waals surface area contributed by atoms with Gasteiger partial charge >= 0.3 is 0 Å². The van der Waals surface area contributed by atoms with E-state index in [2.05, 4.69) is 15.5 Å². The lowest BCUT2D eigenvalue weighted by Gasteiger charge is -2.30.